The number of aryl methyl sites for hydroxylation is 1. The molecule has 2 rings (SSSR count). The maximum Gasteiger partial charge on any atom is 0.133 e. The summed E-state index contributed by atoms with van der Waals surface area (Å²) in [6.45, 7) is 2.96. The van der Waals surface area contributed by atoms with Gasteiger partial charge in [0.15, 0.2) is 0 Å². The molecule has 2 aromatic heterocycles. The van der Waals surface area contributed by atoms with E-state index >= 15 is 0 Å². The van der Waals surface area contributed by atoms with E-state index in [-0.39, 0.29) is 0 Å². The standard InChI is InChI=1S/C10H11BrN2S2/c1-6-8(5-12-2)15-10(13-6)7-3-4-9(11)14-7/h3-4,12H,5H2,1-2H3. The van der Waals surface area contributed by atoms with Gasteiger partial charge in [-0.15, -0.1) is 22.7 Å². The predicted molar refractivity (Wildman–Crippen MR) is 70.6 cm³/mol. The third-order valence-electron chi connectivity index (χ3n) is 2.01. The first kappa shape index (κ1) is 11.3. The van der Waals surface area contributed by atoms with Crippen LogP contribution in [0.25, 0.3) is 9.88 Å². The zero-order valence-corrected chi connectivity index (χ0v) is 11.7. The maximum absolute atomic E-state index is 4.58. The molecule has 0 bridgehead atoms. The lowest BCUT2D eigenvalue weighted by atomic mass is 10.4. The van der Waals surface area contributed by atoms with Crippen LogP contribution in [0.4, 0.5) is 0 Å². The Morgan fingerprint density at radius 1 is 1.40 bits per heavy atom. The molecule has 0 aromatic carbocycles. The molecule has 0 aliphatic carbocycles. The number of rotatable bonds is 3. The summed E-state index contributed by atoms with van der Waals surface area (Å²) in [6.07, 6.45) is 0. The van der Waals surface area contributed by atoms with E-state index in [9.17, 15) is 0 Å². The van der Waals surface area contributed by atoms with Crippen LogP contribution < -0.4 is 5.32 Å². The molecule has 0 spiro atoms. The van der Waals surface area contributed by atoms with E-state index in [1.165, 1.54) is 9.75 Å². The van der Waals surface area contributed by atoms with Crippen LogP contribution in [-0.2, 0) is 6.54 Å². The molecular weight excluding hydrogens is 292 g/mol. The van der Waals surface area contributed by atoms with Crippen LogP contribution in [0.15, 0.2) is 15.9 Å². The van der Waals surface area contributed by atoms with Crippen molar-refractivity contribution in [2.45, 2.75) is 13.5 Å². The Morgan fingerprint density at radius 3 is 2.80 bits per heavy atom. The monoisotopic (exact) mass is 302 g/mol. The lowest BCUT2D eigenvalue weighted by Crippen LogP contribution is -2.04. The fourth-order valence-corrected chi connectivity index (χ4v) is 3.80. The van der Waals surface area contributed by atoms with E-state index in [0.29, 0.717) is 0 Å². The van der Waals surface area contributed by atoms with Crippen molar-refractivity contribution in [3.63, 3.8) is 0 Å². The number of thiazole rings is 1. The number of hydrogen-bond acceptors (Lipinski definition) is 4. The zero-order valence-electron chi connectivity index (χ0n) is 8.50. The minimum absolute atomic E-state index is 0.899. The molecular formula is C10H11BrN2S2. The van der Waals surface area contributed by atoms with Crippen molar-refractivity contribution in [3.8, 4) is 9.88 Å². The fraction of sp³-hybridized carbons (Fsp3) is 0.300. The van der Waals surface area contributed by atoms with Gasteiger partial charge in [0.1, 0.15) is 5.01 Å². The molecule has 0 aliphatic rings. The second kappa shape index (κ2) is 4.74. The molecule has 0 atom stereocenters. The normalized spacial score (nSPS) is 10.9. The topological polar surface area (TPSA) is 24.9 Å². The Morgan fingerprint density at radius 2 is 2.20 bits per heavy atom. The van der Waals surface area contributed by atoms with Gasteiger partial charge in [0.2, 0.25) is 0 Å². The first-order valence-electron chi connectivity index (χ1n) is 4.57. The van der Waals surface area contributed by atoms with Crippen molar-refractivity contribution in [1.82, 2.24) is 10.3 Å². The van der Waals surface area contributed by atoms with Gasteiger partial charge in [0.05, 0.1) is 14.4 Å². The summed E-state index contributed by atoms with van der Waals surface area (Å²) in [5.41, 5.74) is 1.13. The molecule has 2 heterocycles. The van der Waals surface area contributed by atoms with Crippen LogP contribution in [0.3, 0.4) is 0 Å². The molecule has 2 aromatic rings. The van der Waals surface area contributed by atoms with Gasteiger partial charge < -0.3 is 5.32 Å². The number of hydrogen-bond donors (Lipinski definition) is 1. The van der Waals surface area contributed by atoms with Gasteiger partial charge in [-0.25, -0.2) is 4.98 Å². The molecule has 5 heteroatoms. The summed E-state index contributed by atoms with van der Waals surface area (Å²) in [5, 5.41) is 4.28. The van der Waals surface area contributed by atoms with Crippen molar-refractivity contribution in [2.75, 3.05) is 7.05 Å². The van der Waals surface area contributed by atoms with Gasteiger partial charge in [0.25, 0.3) is 0 Å². The van der Waals surface area contributed by atoms with Crippen molar-refractivity contribution < 1.29 is 0 Å². The van der Waals surface area contributed by atoms with E-state index in [2.05, 4.69) is 45.3 Å². The average Bonchev–Trinajstić information content (AvgIpc) is 2.75. The van der Waals surface area contributed by atoms with Crippen molar-refractivity contribution in [3.05, 3.63) is 26.5 Å². The van der Waals surface area contributed by atoms with E-state index in [1.807, 2.05) is 7.05 Å². The molecule has 0 unspecified atom stereocenters. The lowest BCUT2D eigenvalue weighted by Gasteiger charge is -1.93. The van der Waals surface area contributed by atoms with E-state index in [1.54, 1.807) is 22.7 Å². The molecule has 0 saturated carbocycles. The molecule has 0 radical (unpaired) electrons. The highest BCUT2D eigenvalue weighted by molar-refractivity contribution is 9.11. The number of thiophene rings is 1. The molecule has 15 heavy (non-hydrogen) atoms. The Kier molecular flexibility index (Phi) is 3.56. The third-order valence-corrected chi connectivity index (χ3v) is 4.96. The summed E-state index contributed by atoms with van der Waals surface area (Å²) < 4.78 is 1.15. The molecule has 0 saturated heterocycles. The largest absolute Gasteiger partial charge is 0.315 e. The van der Waals surface area contributed by atoms with E-state index in [4.69, 9.17) is 0 Å². The van der Waals surface area contributed by atoms with Gasteiger partial charge in [-0.05, 0) is 42.0 Å². The van der Waals surface area contributed by atoms with Crippen molar-refractivity contribution >= 4 is 38.6 Å². The predicted octanol–water partition coefficient (Wildman–Crippen LogP) is 3.66. The molecule has 0 amide bonds. The quantitative estimate of drug-likeness (QED) is 0.936. The summed E-state index contributed by atoms with van der Waals surface area (Å²) in [6, 6.07) is 4.17. The highest BCUT2D eigenvalue weighted by Crippen LogP contribution is 2.34. The van der Waals surface area contributed by atoms with Crippen LogP contribution in [-0.4, -0.2) is 12.0 Å². The zero-order chi connectivity index (χ0) is 10.8. The fourth-order valence-electron chi connectivity index (χ4n) is 1.29. The average molecular weight is 303 g/mol. The summed E-state index contributed by atoms with van der Waals surface area (Å²) in [5.74, 6) is 0. The number of nitrogens with one attached hydrogen (secondary N) is 1. The van der Waals surface area contributed by atoms with Crippen LogP contribution >= 0.6 is 38.6 Å². The maximum atomic E-state index is 4.58. The smallest absolute Gasteiger partial charge is 0.133 e. The van der Waals surface area contributed by atoms with E-state index < -0.39 is 0 Å². The molecule has 0 aliphatic heterocycles. The highest BCUT2D eigenvalue weighted by Gasteiger charge is 2.10. The van der Waals surface area contributed by atoms with Gasteiger partial charge in [-0.1, -0.05) is 0 Å². The molecule has 0 fully saturated rings. The van der Waals surface area contributed by atoms with Gasteiger partial charge in [-0.3, -0.25) is 0 Å². The minimum atomic E-state index is 0.899. The Hall–Kier alpha value is -0.230. The summed E-state index contributed by atoms with van der Waals surface area (Å²) in [4.78, 5) is 7.13. The first-order chi connectivity index (χ1) is 7.20. The van der Waals surface area contributed by atoms with Crippen molar-refractivity contribution in [1.29, 1.82) is 0 Å². The van der Waals surface area contributed by atoms with Crippen molar-refractivity contribution in [2.24, 2.45) is 0 Å². The van der Waals surface area contributed by atoms with Crippen LogP contribution in [0.2, 0.25) is 0 Å². The molecule has 2 nitrogen and oxygen atoms in total. The second-order valence-electron chi connectivity index (χ2n) is 3.16. The molecule has 80 valence electrons. The first-order valence-corrected chi connectivity index (χ1v) is 7.00. The van der Waals surface area contributed by atoms with Crippen LogP contribution in [0.5, 0.6) is 0 Å². The van der Waals surface area contributed by atoms with Gasteiger partial charge >= 0.3 is 0 Å². The summed E-state index contributed by atoms with van der Waals surface area (Å²) >= 11 is 6.96. The number of nitrogens with zero attached hydrogens (tertiary/aromatic N) is 1. The number of aromatic nitrogens is 1. The van der Waals surface area contributed by atoms with E-state index in [0.717, 1.165) is 21.0 Å². The third kappa shape index (κ3) is 2.47. The Balaban J connectivity index is 2.33. The molecule has 1 N–H and O–H groups in total. The Labute approximate surface area is 106 Å². The minimum Gasteiger partial charge on any atom is -0.315 e. The second-order valence-corrected chi connectivity index (χ2v) is 6.71. The van der Waals surface area contributed by atoms with Crippen LogP contribution in [0, 0.1) is 6.92 Å². The lowest BCUT2D eigenvalue weighted by molar-refractivity contribution is 0.823. The summed E-state index contributed by atoms with van der Waals surface area (Å²) in [7, 11) is 1.96. The highest BCUT2D eigenvalue weighted by atomic mass is 79.9. The van der Waals surface area contributed by atoms with Gasteiger partial charge in [0, 0.05) is 11.4 Å². The van der Waals surface area contributed by atoms with Crippen LogP contribution in [0.1, 0.15) is 10.6 Å². The SMILES string of the molecule is CNCc1sc(-c2ccc(Br)s2)nc1C. The Bertz CT molecular complexity index is 462. The number of halogens is 1. The van der Waals surface area contributed by atoms with Gasteiger partial charge in [-0.2, -0.15) is 0 Å².